The molecule has 1 rings (SSSR count). The van der Waals surface area contributed by atoms with E-state index in [0.29, 0.717) is 6.54 Å². The Morgan fingerprint density at radius 3 is 2.75 bits per heavy atom. The molecule has 1 aromatic heterocycles. The third-order valence-corrected chi connectivity index (χ3v) is 3.24. The molecule has 0 spiro atoms. The molecule has 0 fully saturated rings. The number of anilines is 1. The Bertz CT molecular complexity index is 445. The highest BCUT2D eigenvalue weighted by molar-refractivity contribution is 7.89. The van der Waals surface area contributed by atoms with Crippen LogP contribution < -0.4 is 16.0 Å². The van der Waals surface area contributed by atoms with Crippen LogP contribution in [-0.2, 0) is 10.0 Å². The number of hydrogen-bond donors (Lipinski definition) is 3. The van der Waals surface area contributed by atoms with Crippen molar-refractivity contribution in [3.63, 3.8) is 0 Å². The van der Waals surface area contributed by atoms with Gasteiger partial charge >= 0.3 is 0 Å². The topological polar surface area (TPSA) is 97.1 Å². The van der Waals surface area contributed by atoms with Crippen LogP contribution in [0.5, 0.6) is 0 Å². The summed E-state index contributed by atoms with van der Waals surface area (Å²) >= 11 is 0. The molecule has 0 unspecified atom stereocenters. The van der Waals surface area contributed by atoms with Gasteiger partial charge in [0.1, 0.15) is 0 Å². The lowest BCUT2D eigenvalue weighted by Crippen LogP contribution is -2.29. The van der Waals surface area contributed by atoms with Crippen molar-refractivity contribution in [2.45, 2.75) is 18.9 Å². The van der Waals surface area contributed by atoms with Gasteiger partial charge in [0.05, 0.1) is 5.69 Å². The number of nitrogen functional groups attached to an aromatic ring is 1. The maximum Gasteiger partial charge on any atom is 0.260 e. The van der Waals surface area contributed by atoms with Crippen molar-refractivity contribution in [3.05, 3.63) is 18.3 Å². The minimum atomic E-state index is -3.60. The molecule has 1 heterocycles. The van der Waals surface area contributed by atoms with E-state index in [0.717, 1.165) is 0 Å². The van der Waals surface area contributed by atoms with Crippen molar-refractivity contribution in [1.82, 2.24) is 9.71 Å². The number of rotatable bonds is 5. The number of sulfonamides is 1. The molecule has 0 radical (unpaired) electrons. The molecule has 0 aliphatic heterocycles. The van der Waals surface area contributed by atoms with Crippen LogP contribution in [0.2, 0.25) is 0 Å². The lowest BCUT2D eigenvalue weighted by Gasteiger charge is -2.10. The molecule has 1 aromatic rings. The van der Waals surface area contributed by atoms with E-state index in [2.05, 4.69) is 15.1 Å². The summed E-state index contributed by atoms with van der Waals surface area (Å²) in [6.45, 7) is 4.20. The van der Waals surface area contributed by atoms with E-state index in [-0.39, 0.29) is 16.6 Å². The van der Waals surface area contributed by atoms with E-state index in [1.54, 1.807) is 12.1 Å². The smallest absolute Gasteiger partial charge is 0.260 e. The SMILES string of the molecule is CC(C)CNS(=O)(=O)c1ncccc1NN. The average Bonchev–Trinajstić information content (AvgIpc) is 2.26. The zero-order valence-corrected chi connectivity index (χ0v) is 10.1. The summed E-state index contributed by atoms with van der Waals surface area (Å²) in [5.41, 5.74) is 2.58. The fraction of sp³-hybridized carbons (Fsp3) is 0.444. The Morgan fingerprint density at radius 2 is 2.19 bits per heavy atom. The van der Waals surface area contributed by atoms with E-state index >= 15 is 0 Å². The minimum Gasteiger partial charge on any atom is -0.321 e. The zero-order valence-electron chi connectivity index (χ0n) is 9.27. The van der Waals surface area contributed by atoms with Crippen LogP contribution in [0.3, 0.4) is 0 Å². The van der Waals surface area contributed by atoms with Gasteiger partial charge < -0.3 is 5.43 Å². The van der Waals surface area contributed by atoms with Gasteiger partial charge in [-0.1, -0.05) is 13.8 Å². The lowest BCUT2D eigenvalue weighted by atomic mass is 10.2. The molecule has 7 heteroatoms. The number of nitrogens with two attached hydrogens (primary N) is 1. The Hall–Kier alpha value is -1.18. The van der Waals surface area contributed by atoms with Crippen LogP contribution >= 0.6 is 0 Å². The predicted molar refractivity (Wildman–Crippen MR) is 62.1 cm³/mol. The highest BCUT2D eigenvalue weighted by atomic mass is 32.2. The first-order valence-electron chi connectivity index (χ1n) is 4.88. The Morgan fingerprint density at radius 1 is 1.50 bits per heavy atom. The zero-order chi connectivity index (χ0) is 12.2. The van der Waals surface area contributed by atoms with Gasteiger partial charge in [-0.2, -0.15) is 0 Å². The van der Waals surface area contributed by atoms with Gasteiger partial charge in [-0.15, -0.1) is 0 Å². The summed E-state index contributed by atoms with van der Waals surface area (Å²) in [5.74, 6) is 5.45. The van der Waals surface area contributed by atoms with E-state index in [9.17, 15) is 8.42 Å². The first kappa shape index (κ1) is 12.9. The fourth-order valence-corrected chi connectivity index (χ4v) is 2.37. The molecule has 0 saturated carbocycles. The van der Waals surface area contributed by atoms with Gasteiger partial charge in [0.15, 0.2) is 5.03 Å². The number of hydrazine groups is 1. The number of nitrogens with zero attached hydrogens (tertiary/aromatic N) is 1. The number of pyridine rings is 1. The van der Waals surface area contributed by atoms with Gasteiger partial charge in [0.25, 0.3) is 10.0 Å². The van der Waals surface area contributed by atoms with Crippen molar-refractivity contribution >= 4 is 15.7 Å². The molecule has 0 amide bonds. The summed E-state index contributed by atoms with van der Waals surface area (Å²) in [6, 6.07) is 3.16. The fourth-order valence-electron chi connectivity index (χ4n) is 1.06. The molecular formula is C9H16N4O2S. The summed E-state index contributed by atoms with van der Waals surface area (Å²) in [6.07, 6.45) is 1.41. The predicted octanol–water partition coefficient (Wildman–Crippen LogP) is 0.302. The van der Waals surface area contributed by atoms with Crippen LogP contribution in [-0.4, -0.2) is 19.9 Å². The molecule has 90 valence electrons. The summed E-state index contributed by atoms with van der Waals surface area (Å²) < 4.78 is 26.2. The maximum absolute atomic E-state index is 11.8. The minimum absolute atomic E-state index is 0.0850. The number of hydrogen-bond acceptors (Lipinski definition) is 5. The van der Waals surface area contributed by atoms with E-state index in [1.165, 1.54) is 6.20 Å². The summed E-state index contributed by atoms with van der Waals surface area (Å²) in [4.78, 5) is 3.81. The van der Waals surface area contributed by atoms with Crippen LogP contribution in [0.25, 0.3) is 0 Å². The van der Waals surface area contributed by atoms with Gasteiger partial charge in [-0.05, 0) is 18.1 Å². The summed E-state index contributed by atoms with van der Waals surface area (Å²) in [7, 11) is -3.60. The quantitative estimate of drug-likeness (QED) is 0.511. The van der Waals surface area contributed by atoms with Gasteiger partial charge in [-0.25, -0.2) is 18.1 Å². The molecule has 0 aromatic carbocycles. The third-order valence-electron chi connectivity index (χ3n) is 1.86. The monoisotopic (exact) mass is 244 g/mol. The second-order valence-electron chi connectivity index (χ2n) is 3.75. The van der Waals surface area contributed by atoms with Crippen LogP contribution in [0.15, 0.2) is 23.4 Å². The largest absolute Gasteiger partial charge is 0.321 e. The molecule has 0 atom stereocenters. The maximum atomic E-state index is 11.8. The third kappa shape index (κ3) is 3.16. The standard InChI is InChI=1S/C9H16N4O2S/c1-7(2)6-12-16(14,15)9-8(13-10)4-3-5-11-9/h3-5,7,12-13H,6,10H2,1-2H3. The van der Waals surface area contributed by atoms with E-state index in [4.69, 9.17) is 5.84 Å². The highest BCUT2D eigenvalue weighted by Crippen LogP contribution is 2.16. The van der Waals surface area contributed by atoms with Crippen LogP contribution in [0, 0.1) is 5.92 Å². The molecule has 16 heavy (non-hydrogen) atoms. The first-order chi connectivity index (χ1) is 7.47. The average molecular weight is 244 g/mol. The second kappa shape index (κ2) is 5.24. The van der Waals surface area contributed by atoms with Crippen LogP contribution in [0.4, 0.5) is 5.69 Å². The van der Waals surface area contributed by atoms with Crippen LogP contribution in [0.1, 0.15) is 13.8 Å². The van der Waals surface area contributed by atoms with E-state index < -0.39 is 10.0 Å². The Balaban J connectivity index is 2.98. The molecule has 0 bridgehead atoms. The Labute approximate surface area is 95.3 Å². The van der Waals surface area contributed by atoms with Crippen molar-refractivity contribution in [2.75, 3.05) is 12.0 Å². The Kier molecular flexibility index (Phi) is 4.22. The van der Waals surface area contributed by atoms with E-state index in [1.807, 2.05) is 13.8 Å². The van der Waals surface area contributed by atoms with Crippen molar-refractivity contribution in [1.29, 1.82) is 0 Å². The molecular weight excluding hydrogens is 228 g/mol. The van der Waals surface area contributed by atoms with Gasteiger partial charge in [0.2, 0.25) is 0 Å². The first-order valence-corrected chi connectivity index (χ1v) is 6.37. The van der Waals surface area contributed by atoms with Gasteiger partial charge in [0, 0.05) is 12.7 Å². The van der Waals surface area contributed by atoms with Gasteiger partial charge in [-0.3, -0.25) is 5.84 Å². The highest BCUT2D eigenvalue weighted by Gasteiger charge is 2.19. The lowest BCUT2D eigenvalue weighted by molar-refractivity contribution is 0.557. The van der Waals surface area contributed by atoms with Crippen molar-refractivity contribution in [3.8, 4) is 0 Å². The second-order valence-corrected chi connectivity index (χ2v) is 5.43. The molecule has 6 nitrogen and oxygen atoms in total. The molecule has 0 aliphatic carbocycles. The number of aromatic nitrogens is 1. The molecule has 0 saturated heterocycles. The number of nitrogens with one attached hydrogen (secondary N) is 2. The van der Waals surface area contributed by atoms with Crippen molar-refractivity contribution in [2.24, 2.45) is 11.8 Å². The normalized spacial score (nSPS) is 11.8. The summed E-state index contributed by atoms with van der Waals surface area (Å²) in [5, 5.41) is -0.0850. The molecule has 0 aliphatic rings. The molecule has 4 N–H and O–H groups in total. The van der Waals surface area contributed by atoms with Crippen molar-refractivity contribution < 1.29 is 8.42 Å².